The monoisotopic (exact) mass is 282 g/mol. The van der Waals surface area contributed by atoms with E-state index in [0.29, 0.717) is 25.1 Å². The maximum absolute atomic E-state index is 11.6. The van der Waals surface area contributed by atoms with E-state index < -0.39 is 0 Å². The van der Waals surface area contributed by atoms with Gasteiger partial charge in [0.05, 0.1) is 0 Å². The number of nitrogens with one attached hydrogen (secondary N) is 1. The second-order valence-electron chi connectivity index (χ2n) is 5.25. The topological polar surface area (TPSA) is 55.1 Å². The van der Waals surface area contributed by atoms with Crippen LogP contribution in [0.15, 0.2) is 54.7 Å². The van der Waals surface area contributed by atoms with Gasteiger partial charge in [-0.3, -0.25) is 4.79 Å². The van der Waals surface area contributed by atoms with Crippen molar-refractivity contribution in [1.82, 2.24) is 5.32 Å². The molecule has 2 rings (SSSR count). The highest BCUT2D eigenvalue weighted by atomic mass is 16.1. The van der Waals surface area contributed by atoms with Crippen LogP contribution >= 0.6 is 0 Å². The van der Waals surface area contributed by atoms with E-state index in [1.807, 2.05) is 0 Å². The Morgan fingerprint density at radius 2 is 1.86 bits per heavy atom. The lowest BCUT2D eigenvalue weighted by atomic mass is 10.0. The first-order chi connectivity index (χ1) is 10.2. The standard InChI is InChI=1S/C18H22N2O/c1-14(19)11-12-18(21)20-13-5-9-16-8-4-7-15-6-2-3-10-17(15)16/h2-4,6-8,10H,1,5,9,11-13,19H2,(H,20,21). The molecule has 2 aromatic rings. The van der Waals surface area contributed by atoms with Crippen molar-refractivity contribution in [2.75, 3.05) is 6.54 Å². The van der Waals surface area contributed by atoms with Gasteiger partial charge < -0.3 is 11.1 Å². The molecule has 3 nitrogen and oxygen atoms in total. The van der Waals surface area contributed by atoms with E-state index >= 15 is 0 Å². The Bertz CT molecular complexity index is 629. The number of amides is 1. The summed E-state index contributed by atoms with van der Waals surface area (Å²) in [4.78, 5) is 11.6. The second-order valence-corrected chi connectivity index (χ2v) is 5.25. The summed E-state index contributed by atoms with van der Waals surface area (Å²) in [6.45, 7) is 4.28. The van der Waals surface area contributed by atoms with E-state index in [4.69, 9.17) is 5.73 Å². The Morgan fingerprint density at radius 1 is 1.10 bits per heavy atom. The van der Waals surface area contributed by atoms with Crippen molar-refractivity contribution in [1.29, 1.82) is 0 Å². The van der Waals surface area contributed by atoms with Gasteiger partial charge in [-0.05, 0) is 35.6 Å². The third-order valence-corrected chi connectivity index (χ3v) is 3.50. The quantitative estimate of drug-likeness (QED) is 0.767. The average Bonchev–Trinajstić information content (AvgIpc) is 2.49. The van der Waals surface area contributed by atoms with E-state index in [1.54, 1.807) is 0 Å². The average molecular weight is 282 g/mol. The molecular weight excluding hydrogens is 260 g/mol. The normalized spacial score (nSPS) is 10.5. The minimum Gasteiger partial charge on any atom is -0.403 e. The smallest absolute Gasteiger partial charge is 0.220 e. The summed E-state index contributed by atoms with van der Waals surface area (Å²) in [5, 5.41) is 5.48. The fraction of sp³-hybridized carbons (Fsp3) is 0.278. The Hall–Kier alpha value is -2.29. The number of carbonyl (C=O) groups is 1. The van der Waals surface area contributed by atoms with Crippen molar-refractivity contribution in [3.8, 4) is 0 Å². The number of fused-ring (bicyclic) bond motifs is 1. The molecule has 0 fully saturated rings. The zero-order valence-corrected chi connectivity index (χ0v) is 12.3. The van der Waals surface area contributed by atoms with Crippen LogP contribution in [0.5, 0.6) is 0 Å². The molecule has 0 unspecified atom stereocenters. The molecule has 21 heavy (non-hydrogen) atoms. The molecule has 0 aliphatic rings. The van der Waals surface area contributed by atoms with Gasteiger partial charge in [0.2, 0.25) is 5.91 Å². The van der Waals surface area contributed by atoms with E-state index in [0.717, 1.165) is 12.8 Å². The van der Waals surface area contributed by atoms with Crippen molar-refractivity contribution >= 4 is 16.7 Å². The first-order valence-corrected chi connectivity index (χ1v) is 7.33. The molecule has 0 aliphatic carbocycles. The van der Waals surface area contributed by atoms with Crippen LogP contribution in [0.4, 0.5) is 0 Å². The van der Waals surface area contributed by atoms with Gasteiger partial charge in [0, 0.05) is 18.7 Å². The lowest BCUT2D eigenvalue weighted by Crippen LogP contribution is -2.24. The number of carbonyl (C=O) groups excluding carboxylic acids is 1. The summed E-state index contributed by atoms with van der Waals surface area (Å²) in [5.74, 6) is 0.0412. The maximum atomic E-state index is 11.6. The van der Waals surface area contributed by atoms with Crippen LogP contribution in [0.2, 0.25) is 0 Å². The molecule has 3 N–H and O–H groups in total. The van der Waals surface area contributed by atoms with Crippen LogP contribution in [0.1, 0.15) is 24.8 Å². The number of aryl methyl sites for hydroxylation is 1. The van der Waals surface area contributed by atoms with Crippen molar-refractivity contribution in [2.45, 2.75) is 25.7 Å². The predicted molar refractivity (Wildman–Crippen MR) is 87.8 cm³/mol. The minimum atomic E-state index is 0.0412. The molecule has 0 radical (unpaired) electrons. The highest BCUT2D eigenvalue weighted by Gasteiger charge is 2.02. The van der Waals surface area contributed by atoms with Gasteiger partial charge in [-0.15, -0.1) is 0 Å². The van der Waals surface area contributed by atoms with Gasteiger partial charge in [0.25, 0.3) is 0 Å². The molecule has 3 heteroatoms. The fourth-order valence-electron chi connectivity index (χ4n) is 2.38. The summed E-state index contributed by atoms with van der Waals surface area (Å²) < 4.78 is 0. The molecular formula is C18H22N2O. The highest BCUT2D eigenvalue weighted by molar-refractivity contribution is 5.85. The summed E-state index contributed by atoms with van der Waals surface area (Å²) in [6, 6.07) is 14.8. The molecule has 0 bridgehead atoms. The second kappa shape index (κ2) is 7.48. The number of benzene rings is 2. The number of hydrogen-bond donors (Lipinski definition) is 2. The Balaban J connectivity index is 1.80. The van der Waals surface area contributed by atoms with Crippen LogP contribution in [-0.2, 0) is 11.2 Å². The zero-order chi connectivity index (χ0) is 15.1. The molecule has 0 spiro atoms. The molecule has 110 valence electrons. The van der Waals surface area contributed by atoms with Gasteiger partial charge in [0.1, 0.15) is 0 Å². The van der Waals surface area contributed by atoms with Gasteiger partial charge in [0.15, 0.2) is 0 Å². The SMILES string of the molecule is C=C(N)CCC(=O)NCCCc1cccc2ccccc12. The van der Waals surface area contributed by atoms with Crippen molar-refractivity contribution in [3.05, 3.63) is 60.3 Å². The molecule has 0 saturated carbocycles. The third-order valence-electron chi connectivity index (χ3n) is 3.50. The van der Waals surface area contributed by atoms with Crippen LogP contribution in [0.3, 0.4) is 0 Å². The molecule has 0 saturated heterocycles. The Kier molecular flexibility index (Phi) is 5.38. The lowest BCUT2D eigenvalue weighted by molar-refractivity contribution is -0.121. The van der Waals surface area contributed by atoms with Crippen LogP contribution in [0, 0.1) is 0 Å². The first kappa shape index (κ1) is 15.1. The van der Waals surface area contributed by atoms with E-state index in [1.165, 1.54) is 16.3 Å². The van der Waals surface area contributed by atoms with E-state index in [-0.39, 0.29) is 5.91 Å². The minimum absolute atomic E-state index is 0.0412. The highest BCUT2D eigenvalue weighted by Crippen LogP contribution is 2.19. The number of nitrogens with two attached hydrogens (primary N) is 1. The molecule has 0 atom stereocenters. The first-order valence-electron chi connectivity index (χ1n) is 7.33. The van der Waals surface area contributed by atoms with Gasteiger partial charge in [-0.25, -0.2) is 0 Å². The molecule has 0 aromatic heterocycles. The summed E-state index contributed by atoms with van der Waals surface area (Å²) in [7, 11) is 0. The number of rotatable bonds is 7. The Morgan fingerprint density at radius 3 is 2.67 bits per heavy atom. The zero-order valence-electron chi connectivity index (χ0n) is 12.3. The van der Waals surface area contributed by atoms with E-state index in [9.17, 15) is 4.79 Å². The van der Waals surface area contributed by atoms with E-state index in [2.05, 4.69) is 54.4 Å². The van der Waals surface area contributed by atoms with Crippen LogP contribution in [0.25, 0.3) is 10.8 Å². The largest absolute Gasteiger partial charge is 0.403 e. The summed E-state index contributed by atoms with van der Waals surface area (Å²) in [5.41, 5.74) is 7.34. The Labute approximate surface area is 125 Å². The van der Waals surface area contributed by atoms with Gasteiger partial charge >= 0.3 is 0 Å². The van der Waals surface area contributed by atoms with Crippen molar-refractivity contribution < 1.29 is 4.79 Å². The fourth-order valence-corrected chi connectivity index (χ4v) is 2.38. The van der Waals surface area contributed by atoms with Crippen molar-refractivity contribution in [3.63, 3.8) is 0 Å². The molecule has 0 aliphatic heterocycles. The number of hydrogen-bond acceptors (Lipinski definition) is 2. The van der Waals surface area contributed by atoms with Gasteiger partial charge in [-0.2, -0.15) is 0 Å². The maximum Gasteiger partial charge on any atom is 0.220 e. The lowest BCUT2D eigenvalue weighted by Gasteiger charge is -2.08. The van der Waals surface area contributed by atoms with Crippen molar-refractivity contribution in [2.24, 2.45) is 5.73 Å². The molecule has 1 amide bonds. The molecule has 0 heterocycles. The summed E-state index contributed by atoms with van der Waals surface area (Å²) >= 11 is 0. The number of allylic oxidation sites excluding steroid dienone is 1. The third kappa shape index (κ3) is 4.63. The molecule has 2 aromatic carbocycles. The predicted octanol–water partition coefficient (Wildman–Crippen LogP) is 3.14. The summed E-state index contributed by atoms with van der Waals surface area (Å²) in [6.07, 6.45) is 2.87. The van der Waals surface area contributed by atoms with Crippen LogP contribution in [-0.4, -0.2) is 12.5 Å². The van der Waals surface area contributed by atoms with Crippen LogP contribution < -0.4 is 11.1 Å². The van der Waals surface area contributed by atoms with Gasteiger partial charge in [-0.1, -0.05) is 49.0 Å².